The van der Waals surface area contributed by atoms with Crippen LogP contribution < -0.4 is 30.0 Å². The first-order valence-corrected chi connectivity index (χ1v) is 10.6. The maximum atomic E-state index is 12.7. The number of nitrogens with one attached hydrogen (secondary N) is 2. The molecule has 2 aromatic carbocycles. The lowest BCUT2D eigenvalue weighted by molar-refractivity contribution is -0.275. The molecular weight excluding hydrogens is 467 g/mol. The second-order valence-electron chi connectivity index (χ2n) is 6.31. The zero-order chi connectivity index (χ0) is 24.2. The summed E-state index contributed by atoms with van der Waals surface area (Å²) in [6, 6.07) is 9.58. The predicted octanol–water partition coefficient (Wildman–Crippen LogP) is 3.53. The number of primary sulfonamides is 1. The van der Waals surface area contributed by atoms with E-state index in [0.717, 1.165) is 6.07 Å². The molecule has 0 unspecified atom stereocenters. The molecule has 0 aliphatic carbocycles. The van der Waals surface area contributed by atoms with Gasteiger partial charge in [-0.2, -0.15) is 4.98 Å². The molecule has 10 nitrogen and oxygen atoms in total. The van der Waals surface area contributed by atoms with Crippen molar-refractivity contribution in [3.8, 4) is 17.2 Å². The van der Waals surface area contributed by atoms with E-state index in [1.54, 1.807) is 18.2 Å². The molecule has 33 heavy (non-hydrogen) atoms. The van der Waals surface area contributed by atoms with E-state index in [4.69, 9.17) is 14.6 Å². The molecule has 0 amide bonds. The lowest BCUT2D eigenvalue weighted by Crippen LogP contribution is -2.22. The predicted molar refractivity (Wildman–Crippen MR) is 113 cm³/mol. The van der Waals surface area contributed by atoms with Gasteiger partial charge in [0.15, 0.2) is 17.2 Å². The Labute approximate surface area is 186 Å². The number of hydrogen-bond donors (Lipinski definition) is 3. The number of methoxy groups -OCH3 is 2. The average Bonchev–Trinajstić information content (AvgIpc) is 2.72. The fraction of sp³-hybridized carbons (Fsp3) is 0.158. The molecule has 0 radical (unpaired) electrons. The summed E-state index contributed by atoms with van der Waals surface area (Å²) in [5.41, 5.74) is 0.283. The molecule has 0 spiro atoms. The lowest BCUT2D eigenvalue weighted by Gasteiger charge is -2.16. The second-order valence-corrected chi connectivity index (χ2v) is 7.81. The van der Waals surface area contributed by atoms with Crippen LogP contribution in [0.25, 0.3) is 0 Å². The molecule has 176 valence electrons. The summed E-state index contributed by atoms with van der Waals surface area (Å²) in [7, 11) is -1.63. The molecule has 1 aromatic heterocycles. The van der Waals surface area contributed by atoms with E-state index >= 15 is 0 Å². The Bertz CT molecular complexity index is 1250. The number of alkyl halides is 3. The molecule has 0 fully saturated rings. The number of benzene rings is 2. The number of hydrogen-bond acceptors (Lipinski definition) is 9. The largest absolute Gasteiger partial charge is 0.573 e. The van der Waals surface area contributed by atoms with E-state index in [9.17, 15) is 21.6 Å². The zero-order valence-corrected chi connectivity index (χ0v) is 18.0. The van der Waals surface area contributed by atoms with Crippen LogP contribution in [0.4, 0.5) is 36.3 Å². The summed E-state index contributed by atoms with van der Waals surface area (Å²) >= 11 is 0. The highest BCUT2D eigenvalue weighted by atomic mass is 32.2. The Kier molecular flexibility index (Phi) is 6.78. The Morgan fingerprint density at radius 3 is 2.33 bits per heavy atom. The van der Waals surface area contributed by atoms with E-state index in [0.29, 0.717) is 17.2 Å². The van der Waals surface area contributed by atoms with E-state index in [1.807, 2.05) is 0 Å². The Hall–Kier alpha value is -3.78. The summed E-state index contributed by atoms with van der Waals surface area (Å²) in [5.74, 6) is 0.161. The maximum Gasteiger partial charge on any atom is 0.573 e. The van der Waals surface area contributed by atoms with Crippen LogP contribution >= 0.6 is 0 Å². The minimum atomic E-state index is -5.12. The molecule has 14 heteroatoms. The van der Waals surface area contributed by atoms with Gasteiger partial charge in [0.05, 0.1) is 19.9 Å². The summed E-state index contributed by atoms with van der Waals surface area (Å²) in [5, 5.41) is 10.7. The van der Waals surface area contributed by atoms with Crippen molar-refractivity contribution in [2.24, 2.45) is 5.14 Å². The van der Waals surface area contributed by atoms with Gasteiger partial charge in [-0.1, -0.05) is 6.07 Å². The van der Waals surface area contributed by atoms with Crippen molar-refractivity contribution < 1.29 is 35.8 Å². The number of ether oxygens (including phenoxy) is 3. The molecular formula is C19H18F3N5O5S. The zero-order valence-electron chi connectivity index (χ0n) is 17.2. The van der Waals surface area contributed by atoms with Crippen molar-refractivity contribution in [3.63, 3.8) is 0 Å². The molecule has 4 N–H and O–H groups in total. The van der Waals surface area contributed by atoms with Crippen LogP contribution in [0.1, 0.15) is 0 Å². The van der Waals surface area contributed by atoms with Crippen molar-refractivity contribution in [1.29, 1.82) is 0 Å². The van der Waals surface area contributed by atoms with Gasteiger partial charge in [-0.3, -0.25) is 0 Å². The lowest BCUT2D eigenvalue weighted by atomic mass is 10.3. The Balaban J connectivity index is 1.91. The molecule has 0 saturated carbocycles. The fourth-order valence-electron chi connectivity index (χ4n) is 2.78. The summed E-state index contributed by atoms with van der Waals surface area (Å²) in [6.45, 7) is 0. The number of rotatable bonds is 8. The third-order valence-corrected chi connectivity index (χ3v) is 5.04. The smallest absolute Gasteiger partial charge is 0.493 e. The molecule has 3 aromatic rings. The van der Waals surface area contributed by atoms with Gasteiger partial charge in [0, 0.05) is 18.0 Å². The average molecular weight is 485 g/mol. The Morgan fingerprint density at radius 2 is 1.70 bits per heavy atom. The van der Waals surface area contributed by atoms with Crippen LogP contribution in [0, 0.1) is 0 Å². The van der Waals surface area contributed by atoms with Crippen LogP contribution in [0.3, 0.4) is 0 Å². The summed E-state index contributed by atoms with van der Waals surface area (Å²) in [6.07, 6.45) is -3.77. The van der Waals surface area contributed by atoms with Gasteiger partial charge in [-0.15, -0.1) is 13.2 Å². The third-order valence-electron chi connectivity index (χ3n) is 4.05. The minimum Gasteiger partial charge on any atom is -0.493 e. The SMILES string of the molecule is COc1ccc(Nc2nccc(Nc3cccc(OC(F)(F)F)c3S(N)(=O)=O)n2)cc1OC. The maximum absolute atomic E-state index is 12.7. The van der Waals surface area contributed by atoms with E-state index < -0.39 is 27.0 Å². The van der Waals surface area contributed by atoms with Crippen LogP contribution in [0.2, 0.25) is 0 Å². The van der Waals surface area contributed by atoms with Crippen molar-refractivity contribution in [2.75, 3.05) is 24.9 Å². The van der Waals surface area contributed by atoms with Crippen molar-refractivity contribution in [2.45, 2.75) is 11.3 Å². The number of nitrogens with two attached hydrogens (primary N) is 1. The second kappa shape index (κ2) is 9.38. The monoisotopic (exact) mass is 485 g/mol. The molecule has 0 saturated heterocycles. The number of anilines is 4. The summed E-state index contributed by atoms with van der Waals surface area (Å²) < 4.78 is 76.3. The molecule has 0 bridgehead atoms. The first-order valence-electron chi connectivity index (χ1n) is 9.01. The van der Waals surface area contributed by atoms with Gasteiger partial charge in [-0.25, -0.2) is 18.5 Å². The van der Waals surface area contributed by atoms with Crippen molar-refractivity contribution in [1.82, 2.24) is 9.97 Å². The van der Waals surface area contributed by atoms with Gasteiger partial charge in [0.2, 0.25) is 16.0 Å². The van der Waals surface area contributed by atoms with E-state index in [-0.39, 0.29) is 17.5 Å². The quantitative estimate of drug-likeness (QED) is 0.437. The Morgan fingerprint density at radius 1 is 0.970 bits per heavy atom. The van der Waals surface area contributed by atoms with E-state index in [1.165, 1.54) is 38.6 Å². The highest BCUT2D eigenvalue weighted by Gasteiger charge is 2.34. The molecule has 0 atom stereocenters. The van der Waals surface area contributed by atoms with E-state index in [2.05, 4.69) is 25.3 Å². The number of sulfonamides is 1. The van der Waals surface area contributed by atoms with Gasteiger partial charge >= 0.3 is 6.36 Å². The van der Waals surface area contributed by atoms with Crippen LogP contribution in [0.5, 0.6) is 17.2 Å². The third kappa shape index (κ3) is 6.14. The van der Waals surface area contributed by atoms with Gasteiger partial charge in [0.1, 0.15) is 10.7 Å². The first kappa shape index (κ1) is 23.9. The highest BCUT2D eigenvalue weighted by molar-refractivity contribution is 7.89. The molecule has 3 rings (SSSR count). The molecule has 1 heterocycles. The normalized spacial score (nSPS) is 11.6. The summed E-state index contributed by atoms with van der Waals surface area (Å²) in [4.78, 5) is 7.37. The van der Waals surface area contributed by atoms with Gasteiger partial charge in [0.25, 0.3) is 0 Å². The van der Waals surface area contributed by atoms with Gasteiger partial charge in [-0.05, 0) is 30.3 Å². The fourth-order valence-corrected chi connectivity index (χ4v) is 3.60. The van der Waals surface area contributed by atoms with Crippen molar-refractivity contribution >= 4 is 33.2 Å². The number of aromatic nitrogens is 2. The van der Waals surface area contributed by atoms with Crippen LogP contribution in [-0.4, -0.2) is 39.0 Å². The first-order chi connectivity index (χ1) is 15.5. The van der Waals surface area contributed by atoms with Crippen LogP contribution in [0.15, 0.2) is 53.6 Å². The number of nitrogens with zero attached hydrogens (tertiary/aromatic N) is 2. The molecule has 0 aliphatic rings. The standard InChI is InChI=1S/C19H18F3N5O5S/c1-30-13-7-6-11(10-15(13)31-2)25-18-24-9-8-16(27-18)26-12-4-3-5-14(32-19(20,21)22)17(12)33(23,28)29/h3-10H,1-2H3,(H2,23,28,29)(H2,24,25,26,27). The highest BCUT2D eigenvalue weighted by Crippen LogP contribution is 2.35. The van der Waals surface area contributed by atoms with Crippen LogP contribution in [-0.2, 0) is 10.0 Å². The topological polar surface area (TPSA) is 138 Å². The number of halogens is 3. The van der Waals surface area contributed by atoms with Gasteiger partial charge < -0.3 is 24.8 Å². The molecule has 0 aliphatic heterocycles. The van der Waals surface area contributed by atoms with Crippen molar-refractivity contribution in [3.05, 3.63) is 48.7 Å². The minimum absolute atomic E-state index is 0.0713.